The largest absolute Gasteiger partial charge is 0.508 e. The highest BCUT2D eigenvalue weighted by molar-refractivity contribution is 6.28. The van der Waals surface area contributed by atoms with Crippen molar-refractivity contribution in [1.82, 2.24) is 14.5 Å². The molecule has 1 aromatic carbocycles. The highest BCUT2D eigenvalue weighted by atomic mass is 35.5. The van der Waals surface area contributed by atoms with E-state index in [4.69, 9.17) is 31.5 Å². The van der Waals surface area contributed by atoms with Crippen molar-refractivity contribution >= 4 is 34.6 Å². The maximum Gasteiger partial charge on any atom is 0.508 e. The van der Waals surface area contributed by atoms with Gasteiger partial charge in [0.1, 0.15) is 30.4 Å². The number of benzene rings is 1. The summed E-state index contributed by atoms with van der Waals surface area (Å²) in [5.74, 6) is 0.326. The van der Waals surface area contributed by atoms with Crippen LogP contribution in [0.25, 0.3) is 11.0 Å². The van der Waals surface area contributed by atoms with E-state index < -0.39 is 6.16 Å². The molecule has 8 nitrogen and oxygen atoms in total. The normalized spacial score (nSPS) is 19.9. The van der Waals surface area contributed by atoms with Crippen LogP contribution < -0.4 is 5.73 Å². The van der Waals surface area contributed by atoms with Crippen molar-refractivity contribution in [3.05, 3.63) is 53.4 Å². The Bertz CT molecular complexity index is 1010. The van der Waals surface area contributed by atoms with Gasteiger partial charge in [-0.05, 0) is 43.0 Å². The summed E-state index contributed by atoms with van der Waals surface area (Å²) in [5.41, 5.74) is 7.42. The zero-order chi connectivity index (χ0) is 20.4. The standard InChI is InChI=1S/C20H21ClN4O4/c1-12(13-5-3-2-4-6-13)28-20(26)27-11-14-7-8-16(29-14)25-10-9-15-17(22)23-19(21)24-18(15)25/h2-6,9-10,12,14,16H,7-8,11H2,1H3,(H2,22,23,24)/t12-,14+,16-/m1/s1. The van der Waals surface area contributed by atoms with Crippen LogP contribution in [0.4, 0.5) is 10.6 Å². The molecule has 2 aromatic heterocycles. The fourth-order valence-corrected chi connectivity index (χ4v) is 3.58. The number of hydrogen-bond donors (Lipinski definition) is 1. The summed E-state index contributed by atoms with van der Waals surface area (Å²) in [6, 6.07) is 11.3. The van der Waals surface area contributed by atoms with Crippen molar-refractivity contribution < 1.29 is 19.0 Å². The predicted molar refractivity (Wildman–Crippen MR) is 107 cm³/mol. The van der Waals surface area contributed by atoms with Gasteiger partial charge in [0.2, 0.25) is 5.28 Å². The summed E-state index contributed by atoms with van der Waals surface area (Å²) in [7, 11) is 0. The zero-order valence-electron chi connectivity index (χ0n) is 15.8. The molecule has 3 heterocycles. The molecule has 4 rings (SSSR count). The number of anilines is 1. The van der Waals surface area contributed by atoms with E-state index in [2.05, 4.69) is 9.97 Å². The monoisotopic (exact) mass is 416 g/mol. The van der Waals surface area contributed by atoms with Gasteiger partial charge in [-0.15, -0.1) is 0 Å². The Morgan fingerprint density at radius 2 is 2.10 bits per heavy atom. The first-order chi connectivity index (χ1) is 14.0. The van der Waals surface area contributed by atoms with Gasteiger partial charge in [-0.3, -0.25) is 0 Å². The van der Waals surface area contributed by atoms with Crippen molar-refractivity contribution in [2.45, 2.75) is 38.2 Å². The average molecular weight is 417 g/mol. The minimum Gasteiger partial charge on any atom is -0.432 e. The number of halogens is 1. The molecule has 0 radical (unpaired) electrons. The van der Waals surface area contributed by atoms with E-state index in [1.165, 1.54) is 0 Å². The van der Waals surface area contributed by atoms with Crippen LogP contribution >= 0.6 is 11.6 Å². The van der Waals surface area contributed by atoms with E-state index in [9.17, 15) is 4.79 Å². The minimum absolute atomic E-state index is 0.0862. The molecule has 0 aliphatic carbocycles. The molecule has 0 unspecified atom stereocenters. The number of nitrogen functional groups attached to an aromatic ring is 1. The number of carbonyl (C=O) groups excluding carboxylic acids is 1. The van der Waals surface area contributed by atoms with Crippen LogP contribution in [0, 0.1) is 0 Å². The fraction of sp³-hybridized carbons (Fsp3) is 0.350. The third-order valence-corrected chi connectivity index (χ3v) is 5.07. The summed E-state index contributed by atoms with van der Waals surface area (Å²) in [4.78, 5) is 20.2. The smallest absolute Gasteiger partial charge is 0.432 e. The van der Waals surface area contributed by atoms with Crippen molar-refractivity contribution in [3.8, 4) is 0 Å². The molecule has 3 atom stereocenters. The lowest BCUT2D eigenvalue weighted by atomic mass is 10.1. The SMILES string of the molecule is C[C@@H](OC(=O)OC[C@@H]1CC[C@H](n2ccc3c(N)nc(Cl)nc32)O1)c1ccccc1. The number of nitrogens with zero attached hydrogens (tertiary/aromatic N) is 3. The van der Waals surface area contributed by atoms with E-state index in [0.717, 1.165) is 23.8 Å². The third kappa shape index (κ3) is 4.28. The fourth-order valence-electron chi connectivity index (χ4n) is 3.41. The number of aromatic nitrogens is 3. The first-order valence-electron chi connectivity index (χ1n) is 9.34. The quantitative estimate of drug-likeness (QED) is 0.489. The Hall–Kier alpha value is -2.84. The molecular formula is C20H21ClN4O4. The second-order valence-electron chi connectivity index (χ2n) is 6.86. The topological polar surface area (TPSA) is 101 Å². The van der Waals surface area contributed by atoms with E-state index in [1.807, 2.05) is 47.2 Å². The molecule has 1 saturated heterocycles. The Kier molecular flexibility index (Phi) is 5.55. The highest BCUT2D eigenvalue weighted by Crippen LogP contribution is 2.32. The Morgan fingerprint density at radius 1 is 1.31 bits per heavy atom. The molecule has 1 aliphatic rings. The lowest BCUT2D eigenvalue weighted by Gasteiger charge is -2.17. The number of rotatable bonds is 5. The summed E-state index contributed by atoms with van der Waals surface area (Å²) in [5, 5.41) is 0.805. The van der Waals surface area contributed by atoms with Crippen LogP contribution in [-0.4, -0.2) is 33.4 Å². The molecule has 1 fully saturated rings. The third-order valence-electron chi connectivity index (χ3n) is 4.90. The molecule has 0 amide bonds. The molecule has 152 valence electrons. The number of hydrogen-bond acceptors (Lipinski definition) is 7. The van der Waals surface area contributed by atoms with Gasteiger partial charge in [-0.2, -0.15) is 4.98 Å². The van der Waals surface area contributed by atoms with Gasteiger partial charge in [-0.1, -0.05) is 30.3 Å². The Morgan fingerprint density at radius 3 is 2.90 bits per heavy atom. The van der Waals surface area contributed by atoms with Gasteiger partial charge < -0.3 is 24.5 Å². The van der Waals surface area contributed by atoms with Gasteiger partial charge in [-0.25, -0.2) is 9.78 Å². The maximum absolute atomic E-state index is 12.0. The number of nitrogens with two attached hydrogens (primary N) is 1. The van der Waals surface area contributed by atoms with E-state index in [1.54, 1.807) is 6.92 Å². The molecule has 0 bridgehead atoms. The van der Waals surface area contributed by atoms with E-state index in [-0.39, 0.29) is 30.3 Å². The molecule has 3 aromatic rings. The van der Waals surface area contributed by atoms with Crippen LogP contribution in [0.5, 0.6) is 0 Å². The van der Waals surface area contributed by atoms with Gasteiger partial charge >= 0.3 is 6.16 Å². The first kappa shape index (κ1) is 19.5. The van der Waals surface area contributed by atoms with Crippen molar-refractivity contribution in [3.63, 3.8) is 0 Å². The summed E-state index contributed by atoms with van der Waals surface area (Å²) in [6.45, 7) is 1.92. The van der Waals surface area contributed by atoms with Crippen molar-refractivity contribution in [1.29, 1.82) is 0 Å². The van der Waals surface area contributed by atoms with Gasteiger partial charge in [0.05, 0.1) is 11.5 Å². The van der Waals surface area contributed by atoms with Crippen LogP contribution in [0.3, 0.4) is 0 Å². The van der Waals surface area contributed by atoms with Crippen LogP contribution in [0.2, 0.25) is 5.28 Å². The lowest BCUT2D eigenvalue weighted by Crippen LogP contribution is -2.20. The number of ether oxygens (including phenoxy) is 3. The molecule has 29 heavy (non-hydrogen) atoms. The molecule has 9 heteroatoms. The molecular weight excluding hydrogens is 396 g/mol. The van der Waals surface area contributed by atoms with Gasteiger partial charge in [0.15, 0.2) is 0 Å². The first-order valence-corrected chi connectivity index (χ1v) is 9.72. The predicted octanol–water partition coefficient (Wildman–Crippen LogP) is 4.26. The van der Waals surface area contributed by atoms with Gasteiger partial charge in [0, 0.05) is 6.20 Å². The molecule has 0 saturated carbocycles. The minimum atomic E-state index is -0.716. The average Bonchev–Trinajstić information content (AvgIpc) is 3.34. The van der Waals surface area contributed by atoms with Crippen LogP contribution in [0.15, 0.2) is 42.6 Å². The molecule has 2 N–H and O–H groups in total. The van der Waals surface area contributed by atoms with Crippen molar-refractivity contribution in [2.24, 2.45) is 0 Å². The Labute approximate surface area is 172 Å². The van der Waals surface area contributed by atoms with Gasteiger partial charge in [0.25, 0.3) is 0 Å². The highest BCUT2D eigenvalue weighted by Gasteiger charge is 2.29. The summed E-state index contributed by atoms with van der Waals surface area (Å²) in [6.07, 6.45) is 1.75. The van der Waals surface area contributed by atoms with Crippen LogP contribution in [0.1, 0.15) is 37.7 Å². The second-order valence-corrected chi connectivity index (χ2v) is 7.20. The van der Waals surface area contributed by atoms with E-state index in [0.29, 0.717) is 11.5 Å². The molecule has 0 spiro atoms. The lowest BCUT2D eigenvalue weighted by molar-refractivity contribution is -0.0422. The number of carbonyl (C=O) groups is 1. The summed E-state index contributed by atoms with van der Waals surface area (Å²) < 4.78 is 18.4. The Balaban J connectivity index is 1.32. The van der Waals surface area contributed by atoms with Crippen molar-refractivity contribution in [2.75, 3.05) is 12.3 Å². The second kappa shape index (κ2) is 8.26. The maximum atomic E-state index is 12.0. The molecule has 1 aliphatic heterocycles. The number of fused-ring (bicyclic) bond motifs is 1. The zero-order valence-corrected chi connectivity index (χ0v) is 16.6. The summed E-state index contributed by atoms with van der Waals surface area (Å²) >= 11 is 5.93. The van der Waals surface area contributed by atoms with E-state index >= 15 is 0 Å². The van der Waals surface area contributed by atoms with Crippen LogP contribution in [-0.2, 0) is 14.2 Å².